The Morgan fingerprint density at radius 1 is 1.03 bits per heavy atom. The SMILES string of the molecule is CCC(CC)(NC(=O)OCC1c2ccccc2-c2ccccc21)C(=O)NCC1CCOC1C(=O)O. The summed E-state index contributed by atoms with van der Waals surface area (Å²) in [5, 5.41) is 14.9. The minimum atomic E-state index is -1.15. The second kappa shape index (κ2) is 10.5. The Morgan fingerprint density at radius 2 is 1.63 bits per heavy atom. The molecular formula is C27H32N2O6. The van der Waals surface area contributed by atoms with E-state index < -0.39 is 23.7 Å². The number of carboxylic acids is 1. The molecule has 35 heavy (non-hydrogen) atoms. The fourth-order valence-electron chi connectivity index (χ4n) is 5.14. The first kappa shape index (κ1) is 24.7. The standard InChI is InChI=1S/C27H32N2O6/c1-3-27(4-2,25(32)28-15-17-13-14-34-23(17)24(30)31)29-26(33)35-16-22-20-11-7-5-9-18(20)19-10-6-8-12-21(19)22/h5-12,17,22-23H,3-4,13-16H2,1-2H3,(H,28,32)(H,29,33)(H,30,31). The molecule has 2 unspecified atom stereocenters. The van der Waals surface area contributed by atoms with E-state index in [4.69, 9.17) is 9.47 Å². The van der Waals surface area contributed by atoms with E-state index in [2.05, 4.69) is 22.8 Å². The van der Waals surface area contributed by atoms with Crippen LogP contribution in [0.1, 0.15) is 50.2 Å². The second-order valence-corrected chi connectivity index (χ2v) is 9.13. The van der Waals surface area contributed by atoms with Crippen molar-refractivity contribution in [1.29, 1.82) is 0 Å². The number of carboxylic acid groups (broad SMARTS) is 1. The smallest absolute Gasteiger partial charge is 0.408 e. The summed E-state index contributed by atoms with van der Waals surface area (Å²) >= 11 is 0. The normalized spacial score (nSPS) is 19.0. The van der Waals surface area contributed by atoms with Gasteiger partial charge >= 0.3 is 12.1 Å². The fourth-order valence-corrected chi connectivity index (χ4v) is 5.14. The Labute approximate surface area is 205 Å². The molecule has 1 heterocycles. The van der Waals surface area contributed by atoms with Crippen LogP contribution in [0.3, 0.4) is 0 Å². The van der Waals surface area contributed by atoms with Crippen LogP contribution in [0.4, 0.5) is 4.79 Å². The lowest BCUT2D eigenvalue weighted by atomic mass is 9.91. The van der Waals surface area contributed by atoms with Crippen LogP contribution < -0.4 is 10.6 Å². The number of fused-ring (bicyclic) bond motifs is 3. The van der Waals surface area contributed by atoms with Gasteiger partial charge in [0.15, 0.2) is 6.10 Å². The number of alkyl carbamates (subject to hydrolysis) is 1. The molecule has 2 aromatic carbocycles. The average Bonchev–Trinajstić information content (AvgIpc) is 3.47. The molecule has 2 aliphatic rings. The highest BCUT2D eigenvalue weighted by Gasteiger charge is 2.40. The summed E-state index contributed by atoms with van der Waals surface area (Å²) in [6, 6.07) is 16.2. The van der Waals surface area contributed by atoms with Gasteiger partial charge in [0.2, 0.25) is 5.91 Å². The van der Waals surface area contributed by atoms with Gasteiger partial charge in [0.25, 0.3) is 0 Å². The third-order valence-corrected chi connectivity index (χ3v) is 7.31. The number of ether oxygens (including phenoxy) is 2. The van der Waals surface area contributed by atoms with E-state index in [0.29, 0.717) is 25.9 Å². The number of amides is 2. The molecule has 1 aliphatic carbocycles. The molecule has 0 saturated carbocycles. The van der Waals surface area contributed by atoms with Crippen molar-refractivity contribution in [3.8, 4) is 11.1 Å². The Hall–Kier alpha value is -3.39. The van der Waals surface area contributed by atoms with Gasteiger partial charge in [-0.05, 0) is 41.5 Å². The number of aliphatic carboxylic acids is 1. The molecule has 0 bridgehead atoms. The minimum absolute atomic E-state index is 0.0741. The Bertz CT molecular complexity index is 1050. The molecule has 2 aromatic rings. The van der Waals surface area contributed by atoms with Crippen LogP contribution in [0.5, 0.6) is 0 Å². The van der Waals surface area contributed by atoms with Crippen molar-refractivity contribution in [2.24, 2.45) is 5.92 Å². The van der Waals surface area contributed by atoms with Crippen molar-refractivity contribution in [1.82, 2.24) is 10.6 Å². The molecule has 8 heteroatoms. The number of nitrogens with one attached hydrogen (secondary N) is 2. The van der Waals surface area contributed by atoms with E-state index in [1.165, 1.54) is 0 Å². The number of hydrogen-bond acceptors (Lipinski definition) is 5. The zero-order chi connectivity index (χ0) is 25.0. The Balaban J connectivity index is 1.39. The first-order valence-electron chi connectivity index (χ1n) is 12.2. The second-order valence-electron chi connectivity index (χ2n) is 9.13. The molecular weight excluding hydrogens is 448 g/mol. The van der Waals surface area contributed by atoms with Crippen molar-refractivity contribution >= 4 is 18.0 Å². The summed E-state index contributed by atoms with van der Waals surface area (Å²) in [7, 11) is 0. The van der Waals surface area contributed by atoms with Gasteiger partial charge in [-0.3, -0.25) is 4.79 Å². The largest absolute Gasteiger partial charge is 0.479 e. The molecule has 4 rings (SSSR count). The maximum atomic E-state index is 13.1. The van der Waals surface area contributed by atoms with E-state index in [-0.39, 0.29) is 30.9 Å². The number of carbonyl (C=O) groups excluding carboxylic acids is 2. The molecule has 2 atom stereocenters. The number of carbonyl (C=O) groups is 3. The molecule has 0 spiro atoms. The lowest BCUT2D eigenvalue weighted by Crippen LogP contribution is -2.59. The van der Waals surface area contributed by atoms with Crippen LogP contribution in [0.2, 0.25) is 0 Å². The summed E-state index contributed by atoms with van der Waals surface area (Å²) in [5.74, 6) is -1.77. The van der Waals surface area contributed by atoms with Crippen LogP contribution in [0.15, 0.2) is 48.5 Å². The van der Waals surface area contributed by atoms with Crippen molar-refractivity contribution in [3.05, 3.63) is 59.7 Å². The van der Waals surface area contributed by atoms with Gasteiger partial charge < -0.3 is 25.2 Å². The highest BCUT2D eigenvalue weighted by Crippen LogP contribution is 2.44. The molecule has 2 amide bonds. The van der Waals surface area contributed by atoms with Gasteiger partial charge in [-0.1, -0.05) is 62.4 Å². The minimum Gasteiger partial charge on any atom is -0.479 e. The van der Waals surface area contributed by atoms with E-state index in [1.54, 1.807) is 0 Å². The lowest BCUT2D eigenvalue weighted by Gasteiger charge is -2.31. The predicted molar refractivity (Wildman–Crippen MR) is 130 cm³/mol. The maximum Gasteiger partial charge on any atom is 0.408 e. The van der Waals surface area contributed by atoms with Crippen molar-refractivity contribution in [3.63, 3.8) is 0 Å². The topological polar surface area (TPSA) is 114 Å². The fraction of sp³-hybridized carbons (Fsp3) is 0.444. The van der Waals surface area contributed by atoms with Gasteiger partial charge in [0.05, 0.1) is 0 Å². The third-order valence-electron chi connectivity index (χ3n) is 7.31. The molecule has 0 radical (unpaired) electrons. The lowest BCUT2D eigenvalue weighted by molar-refractivity contribution is -0.149. The summed E-state index contributed by atoms with van der Waals surface area (Å²) in [6.45, 7) is 4.33. The Morgan fingerprint density at radius 3 is 2.20 bits per heavy atom. The molecule has 3 N–H and O–H groups in total. The summed E-state index contributed by atoms with van der Waals surface area (Å²) in [5.41, 5.74) is 3.36. The maximum absolute atomic E-state index is 13.1. The van der Waals surface area contributed by atoms with Crippen LogP contribution in [-0.2, 0) is 19.1 Å². The van der Waals surface area contributed by atoms with Crippen LogP contribution >= 0.6 is 0 Å². The van der Waals surface area contributed by atoms with Crippen molar-refractivity contribution in [2.45, 2.75) is 50.7 Å². The van der Waals surface area contributed by atoms with Gasteiger partial charge in [0, 0.05) is 25.0 Å². The van der Waals surface area contributed by atoms with E-state index >= 15 is 0 Å². The monoisotopic (exact) mass is 480 g/mol. The first-order valence-corrected chi connectivity index (χ1v) is 12.2. The quantitative estimate of drug-likeness (QED) is 0.504. The van der Waals surface area contributed by atoms with Crippen LogP contribution in [0.25, 0.3) is 11.1 Å². The predicted octanol–water partition coefficient (Wildman–Crippen LogP) is 3.69. The van der Waals surface area contributed by atoms with Gasteiger partial charge in [-0.2, -0.15) is 0 Å². The zero-order valence-electron chi connectivity index (χ0n) is 20.1. The van der Waals surface area contributed by atoms with E-state index in [9.17, 15) is 19.5 Å². The van der Waals surface area contributed by atoms with Gasteiger partial charge in [0.1, 0.15) is 12.1 Å². The summed E-state index contributed by atoms with van der Waals surface area (Å²) in [4.78, 5) is 37.3. The average molecular weight is 481 g/mol. The summed E-state index contributed by atoms with van der Waals surface area (Å²) in [6.07, 6.45) is -0.296. The van der Waals surface area contributed by atoms with Gasteiger partial charge in [-0.15, -0.1) is 0 Å². The Kier molecular flexibility index (Phi) is 7.40. The molecule has 1 saturated heterocycles. The van der Waals surface area contributed by atoms with E-state index in [0.717, 1.165) is 22.3 Å². The number of benzene rings is 2. The highest BCUT2D eigenvalue weighted by atomic mass is 16.5. The van der Waals surface area contributed by atoms with Crippen LogP contribution in [-0.4, -0.2) is 54.5 Å². The number of rotatable bonds is 9. The first-order chi connectivity index (χ1) is 16.9. The molecule has 186 valence electrons. The van der Waals surface area contributed by atoms with Crippen LogP contribution in [0, 0.1) is 5.92 Å². The third kappa shape index (κ3) is 4.89. The molecule has 1 fully saturated rings. The van der Waals surface area contributed by atoms with E-state index in [1.807, 2.05) is 50.2 Å². The summed E-state index contributed by atoms with van der Waals surface area (Å²) < 4.78 is 10.9. The zero-order valence-corrected chi connectivity index (χ0v) is 20.1. The van der Waals surface area contributed by atoms with Gasteiger partial charge in [-0.25, -0.2) is 9.59 Å². The molecule has 1 aliphatic heterocycles. The highest BCUT2D eigenvalue weighted by molar-refractivity contribution is 5.90. The number of hydrogen-bond donors (Lipinski definition) is 3. The molecule has 8 nitrogen and oxygen atoms in total. The molecule has 0 aromatic heterocycles. The van der Waals surface area contributed by atoms with Crippen molar-refractivity contribution in [2.75, 3.05) is 19.8 Å². The van der Waals surface area contributed by atoms with Crippen molar-refractivity contribution < 1.29 is 29.0 Å².